The van der Waals surface area contributed by atoms with Gasteiger partial charge in [-0.15, -0.1) is 0 Å². The third kappa shape index (κ3) is 3.38. The molecule has 2 N–H and O–H groups in total. The topological polar surface area (TPSA) is 75.1 Å². The Kier molecular flexibility index (Phi) is 4.05. The number of halogens is 1. The van der Waals surface area contributed by atoms with E-state index in [1.165, 1.54) is 24.5 Å². The number of carbonyl (C=O) groups excluding carboxylic acids is 1. The number of hydrogen-bond acceptors (Lipinski definition) is 4. The van der Waals surface area contributed by atoms with Crippen molar-refractivity contribution in [3.05, 3.63) is 66.0 Å². The van der Waals surface area contributed by atoms with E-state index in [-0.39, 0.29) is 29.5 Å². The number of aliphatic hydroxyl groups is 1. The molecule has 0 unspecified atom stereocenters. The van der Waals surface area contributed by atoms with Crippen molar-refractivity contribution in [2.45, 2.75) is 6.54 Å². The van der Waals surface area contributed by atoms with Crippen LogP contribution in [0.2, 0.25) is 0 Å². The molecule has 0 radical (unpaired) electrons. The molecule has 0 saturated carbocycles. The Bertz CT molecular complexity index is 641. The Balaban J connectivity index is 2.03. The molecule has 2 rings (SSSR count). The van der Waals surface area contributed by atoms with Crippen molar-refractivity contribution in [2.24, 2.45) is 0 Å². The normalized spacial score (nSPS) is 10.1. The molecular weight excluding hydrogens is 261 g/mol. The summed E-state index contributed by atoms with van der Waals surface area (Å²) in [6.07, 6.45) is 1.17. The van der Waals surface area contributed by atoms with Gasteiger partial charge in [-0.1, -0.05) is 18.7 Å². The van der Waals surface area contributed by atoms with E-state index in [0.717, 1.165) is 5.56 Å². The number of benzene rings is 1. The molecule has 0 spiro atoms. The van der Waals surface area contributed by atoms with Gasteiger partial charge < -0.3 is 10.4 Å². The predicted molar refractivity (Wildman–Crippen MR) is 71.3 cm³/mol. The standard InChI is InChI=1S/C14H12FN3O2/c1-9(19)12-6-13(18-8-17-12)14(20)16-7-10-2-4-11(15)5-3-10/h2-6,8,19H,1,7H2,(H,16,20). The van der Waals surface area contributed by atoms with E-state index >= 15 is 0 Å². The third-order valence-corrected chi connectivity index (χ3v) is 2.56. The first-order chi connectivity index (χ1) is 9.56. The third-order valence-electron chi connectivity index (χ3n) is 2.56. The van der Waals surface area contributed by atoms with E-state index in [0.29, 0.717) is 0 Å². The molecule has 0 saturated heterocycles. The lowest BCUT2D eigenvalue weighted by molar-refractivity contribution is 0.0945. The minimum atomic E-state index is -0.417. The molecule has 5 nitrogen and oxygen atoms in total. The monoisotopic (exact) mass is 273 g/mol. The van der Waals surface area contributed by atoms with Crippen molar-refractivity contribution in [2.75, 3.05) is 0 Å². The second-order valence-corrected chi connectivity index (χ2v) is 4.04. The largest absolute Gasteiger partial charge is 0.506 e. The molecular formula is C14H12FN3O2. The lowest BCUT2D eigenvalue weighted by atomic mass is 10.2. The smallest absolute Gasteiger partial charge is 0.270 e. The molecule has 0 aliphatic carbocycles. The van der Waals surface area contributed by atoms with Crippen LogP contribution in [0.5, 0.6) is 0 Å². The summed E-state index contributed by atoms with van der Waals surface area (Å²) in [5.74, 6) is -0.985. The fourth-order valence-electron chi connectivity index (χ4n) is 1.51. The number of nitrogens with zero attached hydrogens (tertiary/aromatic N) is 2. The first kappa shape index (κ1) is 13.7. The lowest BCUT2D eigenvalue weighted by Crippen LogP contribution is -2.24. The number of hydrogen-bond donors (Lipinski definition) is 2. The molecule has 1 aromatic carbocycles. The molecule has 1 heterocycles. The van der Waals surface area contributed by atoms with Gasteiger partial charge in [0.15, 0.2) is 0 Å². The second-order valence-electron chi connectivity index (χ2n) is 4.04. The zero-order valence-electron chi connectivity index (χ0n) is 10.5. The van der Waals surface area contributed by atoms with Crippen molar-refractivity contribution < 1.29 is 14.3 Å². The Morgan fingerprint density at radius 2 is 1.90 bits per heavy atom. The number of amides is 1. The van der Waals surface area contributed by atoms with Crippen LogP contribution in [-0.4, -0.2) is 21.0 Å². The number of aromatic nitrogens is 2. The van der Waals surface area contributed by atoms with Gasteiger partial charge in [-0.05, 0) is 23.8 Å². The highest BCUT2D eigenvalue weighted by Crippen LogP contribution is 2.07. The van der Waals surface area contributed by atoms with Crippen molar-refractivity contribution in [1.82, 2.24) is 15.3 Å². The van der Waals surface area contributed by atoms with Gasteiger partial charge in [0.25, 0.3) is 5.91 Å². The first-order valence-corrected chi connectivity index (χ1v) is 5.79. The highest BCUT2D eigenvalue weighted by Gasteiger charge is 2.09. The van der Waals surface area contributed by atoms with E-state index in [9.17, 15) is 14.3 Å². The zero-order chi connectivity index (χ0) is 14.5. The van der Waals surface area contributed by atoms with E-state index < -0.39 is 5.91 Å². The minimum absolute atomic E-state index is 0.118. The maximum absolute atomic E-state index is 12.7. The molecule has 102 valence electrons. The summed E-state index contributed by atoms with van der Waals surface area (Å²) in [6.45, 7) is 3.57. The fraction of sp³-hybridized carbons (Fsp3) is 0.0714. The van der Waals surface area contributed by atoms with Crippen LogP contribution in [0.25, 0.3) is 5.76 Å². The molecule has 1 amide bonds. The Morgan fingerprint density at radius 3 is 2.55 bits per heavy atom. The highest BCUT2D eigenvalue weighted by atomic mass is 19.1. The van der Waals surface area contributed by atoms with Crippen LogP contribution in [0.15, 0.2) is 43.2 Å². The van der Waals surface area contributed by atoms with Crippen LogP contribution >= 0.6 is 0 Å². The Labute approximate surface area is 114 Å². The zero-order valence-corrected chi connectivity index (χ0v) is 10.5. The molecule has 0 atom stereocenters. The Hall–Kier alpha value is -2.76. The highest BCUT2D eigenvalue weighted by molar-refractivity contribution is 5.92. The molecule has 0 fully saturated rings. The predicted octanol–water partition coefficient (Wildman–Crippen LogP) is 2.07. The van der Waals surface area contributed by atoms with Gasteiger partial charge in [0.2, 0.25) is 0 Å². The van der Waals surface area contributed by atoms with E-state index in [1.54, 1.807) is 12.1 Å². The van der Waals surface area contributed by atoms with E-state index in [1.807, 2.05) is 0 Å². The fourth-order valence-corrected chi connectivity index (χ4v) is 1.51. The van der Waals surface area contributed by atoms with Gasteiger partial charge in [0, 0.05) is 6.54 Å². The van der Waals surface area contributed by atoms with Crippen LogP contribution in [0.4, 0.5) is 4.39 Å². The van der Waals surface area contributed by atoms with Crippen LogP contribution in [0.1, 0.15) is 21.7 Å². The summed E-state index contributed by atoms with van der Waals surface area (Å²) in [7, 11) is 0. The summed E-state index contributed by atoms with van der Waals surface area (Å²) in [6, 6.07) is 7.13. The number of aliphatic hydroxyl groups excluding tert-OH is 1. The van der Waals surface area contributed by atoms with E-state index in [2.05, 4.69) is 21.9 Å². The maximum Gasteiger partial charge on any atom is 0.270 e. The van der Waals surface area contributed by atoms with Gasteiger partial charge in [0.05, 0.1) is 0 Å². The van der Waals surface area contributed by atoms with Crippen molar-refractivity contribution in [1.29, 1.82) is 0 Å². The SMILES string of the molecule is C=C(O)c1cc(C(=O)NCc2ccc(F)cc2)ncn1. The maximum atomic E-state index is 12.7. The van der Waals surface area contributed by atoms with Crippen LogP contribution in [0.3, 0.4) is 0 Å². The number of rotatable bonds is 4. The van der Waals surface area contributed by atoms with Crippen LogP contribution in [0, 0.1) is 5.82 Å². The summed E-state index contributed by atoms with van der Waals surface area (Å²) in [4.78, 5) is 19.5. The van der Waals surface area contributed by atoms with E-state index in [4.69, 9.17) is 0 Å². The summed E-state index contributed by atoms with van der Waals surface area (Å²) in [5.41, 5.74) is 1.07. The summed E-state index contributed by atoms with van der Waals surface area (Å²) in [5, 5.41) is 11.8. The van der Waals surface area contributed by atoms with Gasteiger partial charge in [-0.3, -0.25) is 4.79 Å². The quantitative estimate of drug-likeness (QED) is 0.836. The average molecular weight is 273 g/mol. The van der Waals surface area contributed by atoms with Crippen molar-refractivity contribution in [3.8, 4) is 0 Å². The van der Waals surface area contributed by atoms with Crippen LogP contribution in [-0.2, 0) is 6.54 Å². The van der Waals surface area contributed by atoms with Gasteiger partial charge in [-0.2, -0.15) is 0 Å². The van der Waals surface area contributed by atoms with Crippen LogP contribution < -0.4 is 5.32 Å². The second kappa shape index (κ2) is 5.92. The lowest BCUT2D eigenvalue weighted by Gasteiger charge is -2.05. The molecule has 1 aromatic heterocycles. The minimum Gasteiger partial charge on any atom is -0.506 e. The van der Waals surface area contributed by atoms with Crippen molar-refractivity contribution in [3.63, 3.8) is 0 Å². The van der Waals surface area contributed by atoms with Gasteiger partial charge >= 0.3 is 0 Å². The van der Waals surface area contributed by atoms with Gasteiger partial charge in [0.1, 0.15) is 29.3 Å². The van der Waals surface area contributed by atoms with Crippen molar-refractivity contribution >= 4 is 11.7 Å². The number of carbonyl (C=O) groups is 1. The number of nitrogens with one attached hydrogen (secondary N) is 1. The molecule has 20 heavy (non-hydrogen) atoms. The molecule has 6 heteroatoms. The molecule has 0 bridgehead atoms. The average Bonchev–Trinajstić information content (AvgIpc) is 2.46. The summed E-state index contributed by atoms with van der Waals surface area (Å²) < 4.78 is 12.7. The summed E-state index contributed by atoms with van der Waals surface area (Å²) >= 11 is 0. The molecule has 2 aromatic rings. The molecule has 0 aliphatic rings. The van der Waals surface area contributed by atoms with Gasteiger partial charge in [-0.25, -0.2) is 14.4 Å². The molecule has 0 aliphatic heterocycles. The first-order valence-electron chi connectivity index (χ1n) is 5.79. The Morgan fingerprint density at radius 1 is 1.25 bits per heavy atom.